The molecule has 0 saturated carbocycles. The molecule has 0 aliphatic heterocycles. The molecule has 0 bridgehead atoms. The van der Waals surface area contributed by atoms with Crippen molar-refractivity contribution in [3.8, 4) is 39.2 Å². The highest BCUT2D eigenvalue weighted by Crippen LogP contribution is 2.44. The molecule has 0 radical (unpaired) electrons. The molecule has 4 aromatic heterocycles. The number of fused-ring (bicyclic) bond motifs is 15. The van der Waals surface area contributed by atoms with Gasteiger partial charge in [0.2, 0.25) is 0 Å². The van der Waals surface area contributed by atoms with E-state index in [-0.39, 0.29) is 0 Å². The second kappa shape index (κ2) is 13.2. The van der Waals surface area contributed by atoms with E-state index in [1.807, 2.05) is 11.3 Å². The molecule has 0 saturated heterocycles. The van der Waals surface area contributed by atoms with Crippen molar-refractivity contribution in [3.63, 3.8) is 0 Å². The topological polar surface area (TPSA) is 22.2 Å². The van der Waals surface area contributed by atoms with Gasteiger partial charge in [0.1, 0.15) is 0 Å². The number of thiophene rings is 1. The minimum Gasteiger partial charge on any atom is -0.309 e. The maximum absolute atomic E-state index is 5.56. The summed E-state index contributed by atoms with van der Waals surface area (Å²) in [6.07, 6.45) is 0. The molecule has 4 heteroatoms. The Hall–Kier alpha value is -8.05. The molecule has 10 aromatic carbocycles. The van der Waals surface area contributed by atoms with Crippen molar-refractivity contribution in [3.05, 3.63) is 212 Å². The van der Waals surface area contributed by atoms with Crippen molar-refractivity contribution >= 4 is 102 Å². The third kappa shape index (κ3) is 5.16. The van der Waals surface area contributed by atoms with Gasteiger partial charge in [-0.25, -0.2) is 4.98 Å². The van der Waals surface area contributed by atoms with E-state index >= 15 is 0 Å². The molecular formula is C59H35N3S. The first-order chi connectivity index (χ1) is 31.2. The van der Waals surface area contributed by atoms with Gasteiger partial charge < -0.3 is 4.57 Å². The van der Waals surface area contributed by atoms with Crippen molar-refractivity contribution in [2.75, 3.05) is 0 Å². The van der Waals surface area contributed by atoms with Gasteiger partial charge in [-0.2, -0.15) is 0 Å². The molecule has 0 N–H and O–H groups in total. The quantitative estimate of drug-likeness (QED) is 0.162. The molecule has 0 fully saturated rings. The third-order valence-corrected chi connectivity index (χ3v) is 14.5. The normalized spacial score (nSPS) is 12.1. The molecular weight excluding hydrogens is 783 g/mol. The van der Waals surface area contributed by atoms with Crippen molar-refractivity contribution in [1.82, 2.24) is 14.0 Å². The van der Waals surface area contributed by atoms with Crippen molar-refractivity contribution in [2.45, 2.75) is 0 Å². The summed E-state index contributed by atoms with van der Waals surface area (Å²) in [5, 5.41) is 12.4. The van der Waals surface area contributed by atoms with Crippen LogP contribution in [0.3, 0.4) is 0 Å². The van der Waals surface area contributed by atoms with E-state index in [1.165, 1.54) is 102 Å². The molecule has 292 valence electrons. The molecule has 63 heavy (non-hydrogen) atoms. The van der Waals surface area contributed by atoms with E-state index in [1.54, 1.807) is 0 Å². The average Bonchev–Trinajstić information content (AvgIpc) is 4.04. The Balaban J connectivity index is 0.897. The standard InChI is InChI=1S/C59H35N3S/c1-2-13-45(14-3-1)61-52-17-9-8-16-47(52)48-29-27-43(34-55(48)61)38-20-18-36(19-21-38)37-22-24-40(25-23-37)54-35-51-49-30-26-39-10-6-7-15-46(39)57(49)63-58(51)59-60-56-50-33-42-12-5-4-11-41(42)32-44(50)28-31-53(56)62(54)59/h1-35H. The number of aromatic nitrogens is 3. The SMILES string of the molecule is c1ccc(-n2c3ccccc3c3ccc(-c4ccc(-c5ccc(-c6cc7c8ccc9ccccc9c8sc7c7nc8c9cc%10ccccc%10cc9ccc8n67)cc5)cc4)cc32)cc1. The molecule has 0 atom stereocenters. The van der Waals surface area contributed by atoms with E-state index in [2.05, 4.69) is 221 Å². The second-order valence-electron chi connectivity index (χ2n) is 16.7. The third-order valence-electron chi connectivity index (χ3n) is 13.3. The summed E-state index contributed by atoms with van der Waals surface area (Å²) < 4.78 is 7.31. The predicted molar refractivity (Wildman–Crippen MR) is 269 cm³/mol. The summed E-state index contributed by atoms with van der Waals surface area (Å²) in [4.78, 5) is 5.56. The van der Waals surface area contributed by atoms with Gasteiger partial charge in [-0.1, -0.05) is 164 Å². The average molecular weight is 818 g/mol. The van der Waals surface area contributed by atoms with Gasteiger partial charge in [-0.05, 0) is 103 Å². The van der Waals surface area contributed by atoms with Crippen LogP contribution in [0.5, 0.6) is 0 Å². The molecule has 0 aliphatic rings. The number of pyridine rings is 1. The van der Waals surface area contributed by atoms with Crippen LogP contribution in [0, 0.1) is 0 Å². The van der Waals surface area contributed by atoms with Crippen LogP contribution < -0.4 is 0 Å². The lowest BCUT2D eigenvalue weighted by molar-refractivity contribution is 1.18. The fourth-order valence-corrected chi connectivity index (χ4v) is 11.5. The zero-order chi connectivity index (χ0) is 41.2. The smallest absolute Gasteiger partial charge is 0.156 e. The van der Waals surface area contributed by atoms with Crippen LogP contribution in [0.15, 0.2) is 212 Å². The lowest BCUT2D eigenvalue weighted by Crippen LogP contribution is -1.93. The predicted octanol–water partition coefficient (Wildman–Crippen LogP) is 16.4. The lowest BCUT2D eigenvalue weighted by Gasteiger charge is -2.11. The van der Waals surface area contributed by atoms with Gasteiger partial charge in [0, 0.05) is 37.3 Å². The number of para-hydroxylation sites is 2. The second-order valence-corrected chi connectivity index (χ2v) is 17.8. The number of hydrogen-bond acceptors (Lipinski definition) is 2. The Kier molecular flexibility index (Phi) is 7.27. The molecule has 0 spiro atoms. The van der Waals surface area contributed by atoms with Gasteiger partial charge >= 0.3 is 0 Å². The zero-order valence-electron chi connectivity index (χ0n) is 34.0. The summed E-state index contributed by atoms with van der Waals surface area (Å²) in [6, 6.07) is 77.8. The summed E-state index contributed by atoms with van der Waals surface area (Å²) in [5.41, 5.74) is 13.8. The summed E-state index contributed by atoms with van der Waals surface area (Å²) in [7, 11) is 0. The number of imidazole rings is 1. The summed E-state index contributed by atoms with van der Waals surface area (Å²) in [5.74, 6) is 0. The molecule has 14 rings (SSSR count). The first kappa shape index (κ1) is 34.6. The maximum atomic E-state index is 5.56. The van der Waals surface area contributed by atoms with Gasteiger partial charge in [-0.3, -0.25) is 4.40 Å². The largest absolute Gasteiger partial charge is 0.309 e. The van der Waals surface area contributed by atoms with Crippen molar-refractivity contribution < 1.29 is 0 Å². The summed E-state index contributed by atoms with van der Waals surface area (Å²) >= 11 is 1.86. The van der Waals surface area contributed by atoms with Gasteiger partial charge in [0.15, 0.2) is 5.65 Å². The first-order valence-electron chi connectivity index (χ1n) is 21.5. The Morgan fingerprint density at radius 3 is 1.73 bits per heavy atom. The number of hydrogen-bond donors (Lipinski definition) is 0. The maximum Gasteiger partial charge on any atom is 0.156 e. The van der Waals surface area contributed by atoms with E-state index in [0.29, 0.717) is 0 Å². The van der Waals surface area contributed by atoms with Crippen LogP contribution in [0.1, 0.15) is 0 Å². The molecule has 3 nitrogen and oxygen atoms in total. The highest BCUT2D eigenvalue weighted by atomic mass is 32.1. The number of benzene rings is 10. The van der Waals surface area contributed by atoms with Crippen LogP contribution in [0.25, 0.3) is 130 Å². The highest BCUT2D eigenvalue weighted by Gasteiger charge is 2.20. The van der Waals surface area contributed by atoms with Crippen LogP contribution in [0.4, 0.5) is 0 Å². The van der Waals surface area contributed by atoms with Gasteiger partial charge in [0.25, 0.3) is 0 Å². The minimum absolute atomic E-state index is 1.01. The van der Waals surface area contributed by atoms with Crippen LogP contribution in [-0.4, -0.2) is 14.0 Å². The molecule has 0 unspecified atom stereocenters. The highest BCUT2D eigenvalue weighted by molar-refractivity contribution is 7.27. The van der Waals surface area contributed by atoms with Crippen LogP contribution in [-0.2, 0) is 0 Å². The number of nitrogens with zero attached hydrogens (tertiary/aromatic N) is 3. The molecule has 0 aliphatic carbocycles. The van der Waals surface area contributed by atoms with Crippen LogP contribution >= 0.6 is 11.3 Å². The zero-order valence-corrected chi connectivity index (χ0v) is 34.8. The molecule has 14 aromatic rings. The number of rotatable bonds is 4. The fraction of sp³-hybridized carbons (Fsp3) is 0. The molecule has 4 heterocycles. The minimum atomic E-state index is 1.01. The summed E-state index contributed by atoms with van der Waals surface area (Å²) in [6.45, 7) is 0. The monoisotopic (exact) mass is 817 g/mol. The Labute approximate surface area is 366 Å². The van der Waals surface area contributed by atoms with Crippen LogP contribution in [0.2, 0.25) is 0 Å². The van der Waals surface area contributed by atoms with Crippen molar-refractivity contribution in [1.29, 1.82) is 0 Å². The van der Waals surface area contributed by atoms with Gasteiger partial charge in [-0.15, -0.1) is 11.3 Å². The van der Waals surface area contributed by atoms with E-state index in [0.717, 1.165) is 27.9 Å². The lowest BCUT2D eigenvalue weighted by atomic mass is 9.98. The van der Waals surface area contributed by atoms with Gasteiger partial charge in [0.05, 0.1) is 32.5 Å². The van der Waals surface area contributed by atoms with Crippen molar-refractivity contribution in [2.24, 2.45) is 0 Å². The first-order valence-corrected chi connectivity index (χ1v) is 22.3. The Morgan fingerprint density at radius 2 is 0.937 bits per heavy atom. The van der Waals surface area contributed by atoms with E-state index < -0.39 is 0 Å². The van der Waals surface area contributed by atoms with E-state index in [4.69, 9.17) is 4.98 Å². The Morgan fingerprint density at radius 1 is 0.333 bits per heavy atom. The fourth-order valence-electron chi connectivity index (χ4n) is 10.2. The van der Waals surface area contributed by atoms with E-state index in [9.17, 15) is 0 Å². The Bertz CT molecular complexity index is 4170. The molecule has 0 amide bonds.